The normalized spacial score (nSPS) is 23.0. The van der Waals surface area contributed by atoms with Gasteiger partial charge in [-0.15, -0.1) is 0 Å². The van der Waals surface area contributed by atoms with Crippen LogP contribution in [0.3, 0.4) is 0 Å². The van der Waals surface area contributed by atoms with Gasteiger partial charge in [-0.1, -0.05) is 17.3 Å². The molecule has 3 heterocycles. The molecule has 1 N–H and O–H groups in total. The van der Waals surface area contributed by atoms with Crippen LogP contribution in [-0.2, 0) is 11.4 Å². The number of benzene rings is 1. The highest BCUT2D eigenvalue weighted by atomic mass is 16.5. The molecule has 2 saturated heterocycles. The van der Waals surface area contributed by atoms with Crippen LogP contribution in [0.2, 0.25) is 0 Å². The first kappa shape index (κ1) is 21.4. The van der Waals surface area contributed by atoms with E-state index in [9.17, 15) is 14.7 Å². The number of ether oxygens (including phenoxy) is 1. The molecule has 8 heteroatoms. The first-order valence-corrected chi connectivity index (χ1v) is 10.6. The maximum absolute atomic E-state index is 13.3. The lowest BCUT2D eigenvalue weighted by atomic mass is 9.73. The van der Waals surface area contributed by atoms with Gasteiger partial charge in [0.15, 0.2) is 5.69 Å². The van der Waals surface area contributed by atoms with Crippen molar-refractivity contribution >= 4 is 11.8 Å². The molecule has 1 aromatic heterocycles. The molecule has 2 aliphatic rings. The quantitative estimate of drug-likeness (QED) is 0.786. The second-order valence-electron chi connectivity index (χ2n) is 8.79. The van der Waals surface area contributed by atoms with Gasteiger partial charge in [0.25, 0.3) is 5.91 Å². The molecule has 8 nitrogen and oxygen atoms in total. The van der Waals surface area contributed by atoms with Gasteiger partial charge in [-0.2, -0.15) is 0 Å². The van der Waals surface area contributed by atoms with E-state index in [-0.39, 0.29) is 42.1 Å². The van der Waals surface area contributed by atoms with Crippen LogP contribution in [0.1, 0.15) is 40.7 Å². The SMILES string of the molecule is CC(=O)N1CC[C@@]2(CO)CN(C(=O)c3noc(C)c3COc3cccc(C)c3)C[C@H]2C1. The highest BCUT2D eigenvalue weighted by molar-refractivity contribution is 5.94. The predicted molar refractivity (Wildman–Crippen MR) is 113 cm³/mol. The zero-order valence-electron chi connectivity index (χ0n) is 18.3. The zero-order valence-corrected chi connectivity index (χ0v) is 18.3. The average molecular weight is 428 g/mol. The number of piperidine rings is 1. The van der Waals surface area contributed by atoms with Gasteiger partial charge < -0.3 is 24.2 Å². The molecule has 1 aromatic carbocycles. The molecule has 0 unspecified atom stereocenters. The molecule has 0 spiro atoms. The molecule has 2 fully saturated rings. The van der Waals surface area contributed by atoms with Gasteiger partial charge in [0.2, 0.25) is 5.91 Å². The molecule has 2 aromatic rings. The van der Waals surface area contributed by atoms with E-state index in [1.807, 2.05) is 31.2 Å². The maximum atomic E-state index is 13.3. The van der Waals surface area contributed by atoms with Gasteiger partial charge in [0, 0.05) is 44.4 Å². The van der Waals surface area contributed by atoms with Crippen LogP contribution < -0.4 is 4.74 Å². The van der Waals surface area contributed by atoms with Crippen molar-refractivity contribution < 1.29 is 24.0 Å². The number of aliphatic hydroxyl groups excluding tert-OH is 1. The molecule has 2 amide bonds. The molecule has 0 radical (unpaired) electrons. The fourth-order valence-corrected chi connectivity index (χ4v) is 4.72. The Labute approximate surface area is 181 Å². The van der Waals surface area contributed by atoms with E-state index in [1.165, 1.54) is 0 Å². The van der Waals surface area contributed by atoms with Crippen LogP contribution in [0.4, 0.5) is 0 Å². The Bertz CT molecular complexity index is 987. The number of carbonyl (C=O) groups is 2. The van der Waals surface area contributed by atoms with E-state index >= 15 is 0 Å². The zero-order chi connectivity index (χ0) is 22.2. The first-order chi connectivity index (χ1) is 14.8. The van der Waals surface area contributed by atoms with Gasteiger partial charge >= 0.3 is 0 Å². The van der Waals surface area contributed by atoms with Crippen LogP contribution in [0.15, 0.2) is 28.8 Å². The van der Waals surface area contributed by atoms with Gasteiger partial charge in [0.1, 0.15) is 18.1 Å². The third-order valence-corrected chi connectivity index (χ3v) is 6.74. The van der Waals surface area contributed by atoms with E-state index in [0.717, 1.165) is 11.3 Å². The number of likely N-dealkylation sites (tertiary alicyclic amines) is 2. The van der Waals surface area contributed by atoms with Crippen molar-refractivity contribution in [2.24, 2.45) is 11.3 Å². The summed E-state index contributed by atoms with van der Waals surface area (Å²) in [5.74, 6) is 1.11. The molecular weight excluding hydrogens is 398 g/mol. The Morgan fingerprint density at radius 3 is 2.77 bits per heavy atom. The molecule has 0 bridgehead atoms. The maximum Gasteiger partial charge on any atom is 0.276 e. The van der Waals surface area contributed by atoms with E-state index in [0.29, 0.717) is 43.9 Å². The summed E-state index contributed by atoms with van der Waals surface area (Å²) >= 11 is 0. The molecular formula is C23H29N3O5. The van der Waals surface area contributed by atoms with Crippen LogP contribution in [0.5, 0.6) is 5.75 Å². The fourth-order valence-electron chi connectivity index (χ4n) is 4.72. The summed E-state index contributed by atoms with van der Waals surface area (Å²) in [5.41, 5.74) is 1.59. The Kier molecular flexibility index (Phi) is 5.75. The lowest BCUT2D eigenvalue weighted by Crippen LogP contribution is -2.50. The minimum atomic E-state index is -0.376. The summed E-state index contributed by atoms with van der Waals surface area (Å²) < 4.78 is 11.2. The van der Waals surface area contributed by atoms with Crippen molar-refractivity contribution in [3.63, 3.8) is 0 Å². The fraction of sp³-hybridized carbons (Fsp3) is 0.522. The molecule has 4 rings (SSSR count). The van der Waals surface area contributed by atoms with Crippen molar-refractivity contribution in [3.8, 4) is 5.75 Å². The summed E-state index contributed by atoms with van der Waals surface area (Å²) in [7, 11) is 0. The van der Waals surface area contributed by atoms with Gasteiger partial charge in [-0.05, 0) is 38.0 Å². The highest BCUT2D eigenvalue weighted by Gasteiger charge is 2.51. The number of aryl methyl sites for hydroxylation is 2. The van der Waals surface area contributed by atoms with Gasteiger partial charge in [-0.25, -0.2) is 0 Å². The van der Waals surface area contributed by atoms with Crippen molar-refractivity contribution in [1.29, 1.82) is 0 Å². The Balaban J connectivity index is 1.51. The Hall–Kier alpha value is -2.87. The summed E-state index contributed by atoms with van der Waals surface area (Å²) in [6, 6.07) is 7.71. The summed E-state index contributed by atoms with van der Waals surface area (Å²) in [4.78, 5) is 28.7. The third-order valence-electron chi connectivity index (χ3n) is 6.74. The van der Waals surface area contributed by atoms with E-state index in [4.69, 9.17) is 9.26 Å². The third kappa shape index (κ3) is 4.04. The second kappa shape index (κ2) is 8.34. The first-order valence-electron chi connectivity index (χ1n) is 10.6. The molecule has 0 saturated carbocycles. The molecule has 2 aliphatic heterocycles. The van der Waals surface area contributed by atoms with Crippen LogP contribution >= 0.6 is 0 Å². The summed E-state index contributed by atoms with van der Waals surface area (Å²) in [6.45, 7) is 7.58. The van der Waals surface area contributed by atoms with Gasteiger partial charge in [0.05, 0.1) is 12.2 Å². The Morgan fingerprint density at radius 2 is 2.06 bits per heavy atom. The van der Waals surface area contributed by atoms with Crippen LogP contribution in [0, 0.1) is 25.2 Å². The van der Waals surface area contributed by atoms with E-state index in [2.05, 4.69) is 5.16 Å². The van der Waals surface area contributed by atoms with E-state index in [1.54, 1.807) is 23.6 Å². The average Bonchev–Trinajstić information content (AvgIpc) is 3.32. The topological polar surface area (TPSA) is 96.1 Å². The van der Waals surface area contributed by atoms with Crippen LogP contribution in [-0.4, -0.2) is 64.7 Å². The number of hydrogen-bond donors (Lipinski definition) is 1. The number of nitrogens with zero attached hydrogens (tertiary/aromatic N) is 3. The largest absolute Gasteiger partial charge is 0.489 e. The van der Waals surface area contributed by atoms with E-state index < -0.39 is 0 Å². The second-order valence-corrected chi connectivity index (χ2v) is 8.79. The number of carbonyl (C=O) groups excluding carboxylic acids is 2. The number of fused-ring (bicyclic) bond motifs is 1. The molecule has 166 valence electrons. The summed E-state index contributed by atoms with van der Waals surface area (Å²) in [5, 5.41) is 14.2. The lowest BCUT2D eigenvalue weighted by molar-refractivity contribution is -0.133. The molecule has 0 aliphatic carbocycles. The Morgan fingerprint density at radius 1 is 1.29 bits per heavy atom. The monoisotopic (exact) mass is 427 g/mol. The number of rotatable bonds is 5. The standard InChI is InChI=1S/C23H29N3O5/c1-15-5-4-6-19(9-15)30-12-20-16(2)31-24-21(20)22(29)26-11-18-10-25(17(3)28)8-7-23(18,13-26)14-27/h4-6,9,18,27H,7-8,10-14H2,1-3H3/t18-,23+/m1/s1. The van der Waals surface area contributed by atoms with Crippen molar-refractivity contribution in [1.82, 2.24) is 15.0 Å². The number of hydrogen-bond acceptors (Lipinski definition) is 6. The van der Waals surface area contributed by atoms with Crippen LogP contribution in [0.25, 0.3) is 0 Å². The number of amides is 2. The van der Waals surface area contributed by atoms with Gasteiger partial charge in [-0.3, -0.25) is 9.59 Å². The predicted octanol–water partition coefficient (Wildman–Crippen LogP) is 2.17. The lowest BCUT2D eigenvalue weighted by Gasteiger charge is -2.41. The molecule has 2 atom stereocenters. The van der Waals surface area contributed by atoms with Crippen molar-refractivity contribution in [2.45, 2.75) is 33.8 Å². The summed E-state index contributed by atoms with van der Waals surface area (Å²) in [6.07, 6.45) is 0.679. The minimum Gasteiger partial charge on any atom is -0.489 e. The smallest absolute Gasteiger partial charge is 0.276 e. The number of aliphatic hydroxyl groups is 1. The number of aromatic nitrogens is 1. The van der Waals surface area contributed by atoms with Crippen molar-refractivity contribution in [3.05, 3.63) is 46.8 Å². The molecule has 31 heavy (non-hydrogen) atoms. The minimum absolute atomic E-state index is 0.00559. The van der Waals surface area contributed by atoms with Crippen molar-refractivity contribution in [2.75, 3.05) is 32.8 Å². The highest BCUT2D eigenvalue weighted by Crippen LogP contribution is 2.43.